The number of carbonyl (C=O) groups excluding carboxylic acids is 2. The van der Waals surface area contributed by atoms with Crippen molar-refractivity contribution in [3.63, 3.8) is 0 Å². The predicted octanol–water partition coefficient (Wildman–Crippen LogP) is 4.65. The Bertz CT molecular complexity index is 1090. The molecule has 6 nitrogen and oxygen atoms in total. The second-order valence-corrected chi connectivity index (χ2v) is 8.01. The van der Waals surface area contributed by atoms with Gasteiger partial charge in [-0.3, -0.25) is 19.8 Å². The van der Waals surface area contributed by atoms with Gasteiger partial charge in [-0.2, -0.15) is 0 Å². The second kappa shape index (κ2) is 9.16. The fraction of sp³-hybridized carbons (Fsp3) is 0.190. The van der Waals surface area contributed by atoms with E-state index in [1.165, 1.54) is 18.1 Å². The minimum atomic E-state index is -0.580. The molecule has 0 bridgehead atoms. The minimum absolute atomic E-state index is 0.00692. The molecule has 2 amide bonds. The zero-order chi connectivity index (χ0) is 22.0. The minimum Gasteiger partial charge on any atom is -0.493 e. The third-order valence-electron chi connectivity index (χ3n) is 4.37. The number of benzene rings is 2. The first-order chi connectivity index (χ1) is 14.3. The number of thiocarbonyl (C=S) groups is 1. The quantitative estimate of drug-likeness (QED) is 0.361. The smallest absolute Gasteiger partial charge is 0.270 e. The molecule has 1 fully saturated rings. The summed E-state index contributed by atoms with van der Waals surface area (Å²) < 4.78 is 11.6. The molecule has 0 aromatic heterocycles. The third-order valence-corrected chi connectivity index (χ3v) is 5.65. The highest BCUT2D eigenvalue weighted by Crippen LogP contribution is 2.37. The van der Waals surface area contributed by atoms with E-state index >= 15 is 0 Å². The number of hydrogen-bond donors (Lipinski definition) is 1. The molecular weight excluding hydrogens is 492 g/mol. The molecule has 0 atom stereocenters. The summed E-state index contributed by atoms with van der Waals surface area (Å²) >= 11 is 14.9. The largest absolute Gasteiger partial charge is 0.493 e. The molecule has 1 aliphatic rings. The SMILES string of the molecule is CCOc1c(Br)cc(/C=C2\C(=O)NC(=S)N(c3ccc(C)c(Cl)c3)C2=O)cc1OC. The molecule has 9 heteroatoms. The van der Waals surface area contributed by atoms with Crippen LogP contribution in [0.2, 0.25) is 5.02 Å². The average molecular weight is 510 g/mol. The number of carbonyl (C=O) groups is 2. The van der Waals surface area contributed by atoms with Crippen molar-refractivity contribution >= 4 is 68.4 Å². The van der Waals surface area contributed by atoms with Crippen molar-refractivity contribution in [2.75, 3.05) is 18.6 Å². The first-order valence-corrected chi connectivity index (χ1v) is 10.5. The Morgan fingerprint density at radius 3 is 2.63 bits per heavy atom. The molecule has 0 radical (unpaired) electrons. The molecule has 0 spiro atoms. The topological polar surface area (TPSA) is 67.9 Å². The maximum absolute atomic E-state index is 13.2. The van der Waals surface area contributed by atoms with Crippen molar-refractivity contribution in [3.05, 3.63) is 56.5 Å². The lowest BCUT2D eigenvalue weighted by Crippen LogP contribution is -2.54. The van der Waals surface area contributed by atoms with Crippen LogP contribution in [0.5, 0.6) is 11.5 Å². The Morgan fingerprint density at radius 2 is 2.00 bits per heavy atom. The van der Waals surface area contributed by atoms with Crippen molar-refractivity contribution in [1.29, 1.82) is 0 Å². The van der Waals surface area contributed by atoms with E-state index in [1.54, 1.807) is 30.3 Å². The van der Waals surface area contributed by atoms with Crippen LogP contribution >= 0.6 is 39.7 Å². The maximum Gasteiger partial charge on any atom is 0.270 e. The van der Waals surface area contributed by atoms with Gasteiger partial charge in [0.2, 0.25) is 0 Å². The zero-order valence-corrected chi connectivity index (χ0v) is 19.6. The van der Waals surface area contributed by atoms with Gasteiger partial charge in [0, 0.05) is 5.02 Å². The van der Waals surface area contributed by atoms with Crippen molar-refractivity contribution < 1.29 is 19.1 Å². The Kier molecular flexibility index (Phi) is 6.80. The Labute approximate surface area is 192 Å². The number of anilines is 1. The molecule has 1 heterocycles. The van der Waals surface area contributed by atoms with Crippen LogP contribution in [0.25, 0.3) is 6.08 Å². The normalized spacial score (nSPS) is 15.4. The van der Waals surface area contributed by atoms with Gasteiger partial charge in [0.15, 0.2) is 16.6 Å². The van der Waals surface area contributed by atoms with Crippen molar-refractivity contribution in [2.24, 2.45) is 0 Å². The van der Waals surface area contributed by atoms with Crippen molar-refractivity contribution in [2.45, 2.75) is 13.8 Å². The highest BCUT2D eigenvalue weighted by molar-refractivity contribution is 9.10. The molecule has 30 heavy (non-hydrogen) atoms. The van der Waals surface area contributed by atoms with Gasteiger partial charge in [0.05, 0.1) is 23.9 Å². The Balaban J connectivity index is 2.04. The highest BCUT2D eigenvalue weighted by atomic mass is 79.9. The lowest BCUT2D eigenvalue weighted by atomic mass is 10.1. The summed E-state index contributed by atoms with van der Waals surface area (Å²) in [6, 6.07) is 8.55. The van der Waals surface area contributed by atoms with Crippen LogP contribution in [0, 0.1) is 6.92 Å². The fourth-order valence-electron chi connectivity index (χ4n) is 2.89. The van der Waals surface area contributed by atoms with Crippen molar-refractivity contribution in [3.8, 4) is 11.5 Å². The van der Waals surface area contributed by atoms with Gasteiger partial charge in [-0.25, -0.2) is 0 Å². The number of nitrogens with one attached hydrogen (secondary N) is 1. The number of nitrogens with zero attached hydrogens (tertiary/aromatic N) is 1. The number of halogens is 2. The molecule has 0 aliphatic carbocycles. The van der Waals surface area contributed by atoms with E-state index in [4.69, 9.17) is 33.3 Å². The number of methoxy groups -OCH3 is 1. The van der Waals surface area contributed by atoms with E-state index < -0.39 is 11.8 Å². The number of hydrogen-bond acceptors (Lipinski definition) is 5. The van der Waals surface area contributed by atoms with E-state index in [0.29, 0.717) is 38.9 Å². The molecule has 1 aliphatic heterocycles. The number of amides is 2. The summed E-state index contributed by atoms with van der Waals surface area (Å²) in [5.41, 5.74) is 1.84. The summed E-state index contributed by atoms with van der Waals surface area (Å²) in [5.74, 6) is -0.116. The van der Waals surface area contributed by atoms with Crippen molar-refractivity contribution in [1.82, 2.24) is 5.32 Å². The summed E-state index contributed by atoms with van der Waals surface area (Å²) in [6.07, 6.45) is 1.48. The molecule has 0 unspecified atom stereocenters. The number of ether oxygens (including phenoxy) is 2. The molecule has 1 saturated heterocycles. The van der Waals surface area contributed by atoms with Crippen LogP contribution in [0.4, 0.5) is 5.69 Å². The average Bonchev–Trinajstić information content (AvgIpc) is 2.69. The third kappa shape index (κ3) is 4.35. The molecule has 0 saturated carbocycles. The number of aryl methyl sites for hydroxylation is 1. The lowest BCUT2D eigenvalue weighted by Gasteiger charge is -2.29. The Morgan fingerprint density at radius 1 is 1.27 bits per heavy atom. The van der Waals surface area contributed by atoms with E-state index in [2.05, 4.69) is 21.2 Å². The van der Waals surface area contributed by atoms with Crippen LogP contribution in [-0.2, 0) is 9.59 Å². The van der Waals surface area contributed by atoms with Gasteiger partial charge in [-0.1, -0.05) is 17.7 Å². The van der Waals surface area contributed by atoms with E-state index in [0.717, 1.165) is 5.56 Å². The fourth-order valence-corrected chi connectivity index (χ4v) is 3.92. The van der Waals surface area contributed by atoms with E-state index in [-0.39, 0.29) is 10.7 Å². The standard InChI is InChI=1S/C21H18BrClN2O4S/c1-4-29-18-15(22)8-12(9-17(18)28-3)7-14-19(26)24-21(30)25(20(14)27)13-6-5-11(2)16(23)10-13/h5-10H,4H2,1-3H3,(H,24,26,30)/b14-7+. The highest BCUT2D eigenvalue weighted by Gasteiger charge is 2.34. The van der Waals surface area contributed by atoms with E-state index in [1.807, 2.05) is 13.8 Å². The summed E-state index contributed by atoms with van der Waals surface area (Å²) in [4.78, 5) is 26.9. The first-order valence-electron chi connectivity index (χ1n) is 8.94. The van der Waals surface area contributed by atoms with Gasteiger partial charge in [0.25, 0.3) is 11.8 Å². The van der Waals surface area contributed by atoms with Crippen LogP contribution in [0.15, 0.2) is 40.4 Å². The summed E-state index contributed by atoms with van der Waals surface area (Å²) in [7, 11) is 1.51. The molecule has 156 valence electrons. The Hall–Kier alpha value is -2.42. The monoisotopic (exact) mass is 508 g/mol. The maximum atomic E-state index is 13.2. The van der Waals surface area contributed by atoms with Crippen LogP contribution < -0.4 is 19.7 Å². The van der Waals surface area contributed by atoms with Gasteiger partial charge >= 0.3 is 0 Å². The summed E-state index contributed by atoms with van der Waals surface area (Å²) in [6.45, 7) is 4.18. The predicted molar refractivity (Wildman–Crippen MR) is 124 cm³/mol. The summed E-state index contributed by atoms with van der Waals surface area (Å²) in [5, 5.41) is 3.04. The second-order valence-electron chi connectivity index (χ2n) is 6.36. The molecule has 2 aromatic rings. The first kappa shape index (κ1) is 22.3. The lowest BCUT2D eigenvalue weighted by molar-refractivity contribution is -0.122. The van der Waals surface area contributed by atoms with Crippen LogP contribution in [0.3, 0.4) is 0 Å². The zero-order valence-electron chi connectivity index (χ0n) is 16.4. The molecule has 1 N–H and O–H groups in total. The van der Waals surface area contributed by atoms with Crippen LogP contribution in [-0.4, -0.2) is 30.6 Å². The van der Waals surface area contributed by atoms with Gasteiger partial charge < -0.3 is 9.47 Å². The van der Waals surface area contributed by atoms with Crippen LogP contribution in [0.1, 0.15) is 18.1 Å². The molecule has 2 aromatic carbocycles. The van der Waals surface area contributed by atoms with Gasteiger partial charge in [-0.05, 0) is 83.5 Å². The van der Waals surface area contributed by atoms with Gasteiger partial charge in [-0.15, -0.1) is 0 Å². The van der Waals surface area contributed by atoms with Gasteiger partial charge in [0.1, 0.15) is 5.57 Å². The molecular formula is C21H18BrClN2O4S. The van der Waals surface area contributed by atoms with E-state index in [9.17, 15) is 9.59 Å². The number of rotatable bonds is 5. The molecule has 3 rings (SSSR count).